The number of carbonyl (C=O) groups excluding carboxylic acids is 1. The van der Waals surface area contributed by atoms with Crippen molar-refractivity contribution in [3.05, 3.63) is 46.3 Å². The maximum Gasteiger partial charge on any atom is 0.272 e. The largest absolute Gasteiger partial charge is 0.391 e. The van der Waals surface area contributed by atoms with Crippen molar-refractivity contribution in [1.82, 2.24) is 20.4 Å². The van der Waals surface area contributed by atoms with Crippen LogP contribution in [0.25, 0.3) is 5.69 Å². The summed E-state index contributed by atoms with van der Waals surface area (Å²) in [6.07, 6.45) is 2.52. The highest BCUT2D eigenvalue weighted by Crippen LogP contribution is 2.29. The second-order valence-electron chi connectivity index (χ2n) is 7.52. The van der Waals surface area contributed by atoms with Gasteiger partial charge in [-0.15, -0.1) is 12.4 Å². The summed E-state index contributed by atoms with van der Waals surface area (Å²) in [5, 5.41) is 20.7. The molecule has 1 saturated heterocycles. The number of aliphatic hydroxyl groups excluding tert-OH is 1. The smallest absolute Gasteiger partial charge is 0.272 e. The molecule has 1 aliphatic carbocycles. The molecule has 3 N–H and O–H groups in total. The Morgan fingerprint density at radius 3 is 2.85 bits per heavy atom. The summed E-state index contributed by atoms with van der Waals surface area (Å²) in [4.78, 5) is 12.8. The van der Waals surface area contributed by atoms with Crippen molar-refractivity contribution in [2.75, 3.05) is 19.6 Å². The first-order valence-electron chi connectivity index (χ1n) is 9.40. The number of hydrogen-bond acceptors (Lipinski definition) is 4. The number of hydrogen-bond donors (Lipinski definition) is 3. The molecule has 1 aromatic carbocycles. The Hall–Kier alpha value is -1.89. The van der Waals surface area contributed by atoms with Crippen molar-refractivity contribution in [2.24, 2.45) is 5.92 Å². The minimum atomic E-state index is -0.395. The van der Waals surface area contributed by atoms with Gasteiger partial charge in [0.25, 0.3) is 5.91 Å². The zero-order chi connectivity index (χ0) is 18.3. The van der Waals surface area contributed by atoms with Crippen LogP contribution in [0, 0.1) is 19.8 Å². The number of fused-ring (bicyclic) bond motifs is 1. The number of β-amino-alcohol motifs (C(OH)–C–C–N with tert-alkyl or cyclic N) is 1. The van der Waals surface area contributed by atoms with Crippen molar-refractivity contribution < 1.29 is 9.90 Å². The first-order valence-corrected chi connectivity index (χ1v) is 9.40. The van der Waals surface area contributed by atoms with Gasteiger partial charge in [0.1, 0.15) is 0 Å². The first-order chi connectivity index (χ1) is 12.5. The molecule has 146 valence electrons. The van der Waals surface area contributed by atoms with Gasteiger partial charge in [-0.3, -0.25) is 4.79 Å². The third-order valence-electron chi connectivity index (χ3n) is 5.55. The molecule has 1 amide bonds. The highest BCUT2D eigenvalue weighted by atomic mass is 35.5. The third-order valence-corrected chi connectivity index (χ3v) is 5.55. The molecule has 4 rings (SSSR count). The zero-order valence-corrected chi connectivity index (χ0v) is 16.6. The number of nitrogens with zero attached hydrogens (tertiary/aromatic N) is 2. The summed E-state index contributed by atoms with van der Waals surface area (Å²) in [7, 11) is 0. The van der Waals surface area contributed by atoms with Crippen molar-refractivity contribution in [2.45, 2.75) is 39.2 Å². The number of halogens is 1. The van der Waals surface area contributed by atoms with Gasteiger partial charge in [-0.05, 0) is 44.7 Å². The van der Waals surface area contributed by atoms with Crippen LogP contribution in [0.5, 0.6) is 0 Å². The number of benzene rings is 1. The molecule has 0 bridgehead atoms. The van der Waals surface area contributed by atoms with Gasteiger partial charge < -0.3 is 15.7 Å². The van der Waals surface area contributed by atoms with Gasteiger partial charge in [0.15, 0.2) is 5.69 Å². The third kappa shape index (κ3) is 3.74. The molecule has 27 heavy (non-hydrogen) atoms. The van der Waals surface area contributed by atoms with Crippen molar-refractivity contribution in [3.8, 4) is 5.69 Å². The fourth-order valence-electron chi connectivity index (χ4n) is 4.10. The van der Waals surface area contributed by atoms with Crippen LogP contribution in [0.4, 0.5) is 0 Å². The van der Waals surface area contributed by atoms with E-state index in [0.29, 0.717) is 18.8 Å². The van der Waals surface area contributed by atoms with Gasteiger partial charge in [-0.25, -0.2) is 4.68 Å². The summed E-state index contributed by atoms with van der Waals surface area (Å²) in [6, 6.07) is 6.31. The molecule has 6 nitrogen and oxygen atoms in total. The van der Waals surface area contributed by atoms with Crippen LogP contribution in [0.2, 0.25) is 0 Å². The number of nitrogens with one attached hydrogen (secondary N) is 2. The van der Waals surface area contributed by atoms with Crippen LogP contribution < -0.4 is 10.6 Å². The van der Waals surface area contributed by atoms with Crippen LogP contribution >= 0.6 is 12.4 Å². The molecular formula is C20H27ClN4O2. The fourth-order valence-corrected chi connectivity index (χ4v) is 4.10. The summed E-state index contributed by atoms with van der Waals surface area (Å²) >= 11 is 0. The van der Waals surface area contributed by atoms with E-state index < -0.39 is 6.10 Å². The van der Waals surface area contributed by atoms with Crippen molar-refractivity contribution in [3.63, 3.8) is 0 Å². The topological polar surface area (TPSA) is 79.2 Å². The number of aryl methyl sites for hydroxylation is 2. The number of rotatable bonds is 4. The standard InChI is InChI=1S/C20H26N4O2.ClH/c1-12-6-7-16(13(2)8-12)24-17-5-3-4-15(17)19(23-24)20(26)22-10-14-9-21-11-18(14)25;/h6-8,14,18,21,25H,3-5,9-11H2,1-2H3,(H,22,26);1H. The van der Waals surface area contributed by atoms with Gasteiger partial charge in [-0.2, -0.15) is 5.10 Å². The molecule has 7 heteroatoms. The Morgan fingerprint density at radius 1 is 1.33 bits per heavy atom. The van der Waals surface area contributed by atoms with Crippen LogP contribution in [-0.2, 0) is 12.8 Å². The number of aromatic nitrogens is 2. The predicted octanol–water partition coefficient (Wildman–Crippen LogP) is 1.71. The molecule has 2 atom stereocenters. The van der Waals surface area contributed by atoms with E-state index in [1.165, 1.54) is 5.56 Å². The Labute approximate surface area is 165 Å². The second-order valence-corrected chi connectivity index (χ2v) is 7.52. The zero-order valence-electron chi connectivity index (χ0n) is 15.8. The van der Waals surface area contributed by atoms with Gasteiger partial charge in [0, 0.05) is 36.8 Å². The minimum Gasteiger partial charge on any atom is -0.391 e. The molecule has 1 aromatic heterocycles. The summed E-state index contributed by atoms with van der Waals surface area (Å²) in [6.45, 7) is 5.96. The van der Waals surface area contributed by atoms with E-state index in [0.717, 1.165) is 48.3 Å². The van der Waals surface area contributed by atoms with Gasteiger partial charge in [0.05, 0.1) is 11.8 Å². The van der Waals surface area contributed by atoms with Crippen LogP contribution in [0.3, 0.4) is 0 Å². The number of carbonyl (C=O) groups is 1. The lowest BCUT2D eigenvalue weighted by molar-refractivity contribution is 0.0921. The summed E-state index contributed by atoms with van der Waals surface area (Å²) in [5.74, 6) is -0.0702. The lowest BCUT2D eigenvalue weighted by Gasteiger charge is -2.13. The average Bonchev–Trinajstić information content (AvgIpc) is 3.30. The Bertz CT molecular complexity index is 849. The van der Waals surface area contributed by atoms with E-state index >= 15 is 0 Å². The predicted molar refractivity (Wildman–Crippen MR) is 107 cm³/mol. The number of aliphatic hydroxyl groups is 1. The molecule has 0 radical (unpaired) electrons. The maximum atomic E-state index is 12.8. The van der Waals surface area contributed by atoms with E-state index in [1.807, 2.05) is 4.68 Å². The van der Waals surface area contributed by atoms with Gasteiger partial charge in [-0.1, -0.05) is 17.7 Å². The molecule has 2 unspecified atom stereocenters. The molecule has 2 heterocycles. The average molecular weight is 391 g/mol. The van der Waals surface area contributed by atoms with E-state index in [1.54, 1.807) is 0 Å². The van der Waals surface area contributed by atoms with E-state index in [9.17, 15) is 9.90 Å². The van der Waals surface area contributed by atoms with E-state index in [-0.39, 0.29) is 24.2 Å². The van der Waals surface area contributed by atoms with Crippen LogP contribution in [0.15, 0.2) is 18.2 Å². The molecule has 2 aromatic rings. The van der Waals surface area contributed by atoms with Crippen LogP contribution in [-0.4, -0.2) is 46.5 Å². The maximum absolute atomic E-state index is 12.8. The molecule has 1 fully saturated rings. The minimum absolute atomic E-state index is 0. The molecule has 1 aliphatic heterocycles. The van der Waals surface area contributed by atoms with Gasteiger partial charge in [0.2, 0.25) is 0 Å². The molecule has 0 spiro atoms. The fraction of sp³-hybridized carbons (Fsp3) is 0.500. The molecule has 0 saturated carbocycles. The summed E-state index contributed by atoms with van der Waals surface area (Å²) < 4.78 is 1.96. The second kappa shape index (κ2) is 8.00. The molecule has 2 aliphatic rings. The van der Waals surface area contributed by atoms with Gasteiger partial charge >= 0.3 is 0 Å². The monoisotopic (exact) mass is 390 g/mol. The Morgan fingerprint density at radius 2 is 2.15 bits per heavy atom. The highest BCUT2D eigenvalue weighted by molar-refractivity contribution is 5.94. The van der Waals surface area contributed by atoms with Crippen molar-refractivity contribution >= 4 is 18.3 Å². The SMILES string of the molecule is Cc1ccc(-n2nc(C(=O)NCC3CNCC3O)c3c2CCC3)c(C)c1.Cl. The van der Waals surface area contributed by atoms with Crippen molar-refractivity contribution in [1.29, 1.82) is 0 Å². The quantitative estimate of drug-likeness (QED) is 0.742. The molecular weight excluding hydrogens is 364 g/mol. The lowest BCUT2D eigenvalue weighted by Crippen LogP contribution is -2.35. The lowest BCUT2D eigenvalue weighted by atomic mass is 10.1. The van der Waals surface area contributed by atoms with E-state index in [2.05, 4.69) is 47.8 Å². The first kappa shape index (κ1) is 19.9. The van der Waals surface area contributed by atoms with Crippen LogP contribution in [0.1, 0.15) is 39.3 Å². The highest BCUT2D eigenvalue weighted by Gasteiger charge is 2.29. The Kier molecular flexibility index (Phi) is 5.89. The van der Waals surface area contributed by atoms with E-state index in [4.69, 9.17) is 0 Å². The Balaban J connectivity index is 0.00000210. The normalized spacial score (nSPS) is 21.0. The summed E-state index contributed by atoms with van der Waals surface area (Å²) in [5.41, 5.74) is 6.20. The number of amides is 1.